The maximum Gasteiger partial charge on any atom is 0.282 e. The normalized spacial score (nSPS) is 20.2. The molecule has 0 saturated carbocycles. The van der Waals surface area contributed by atoms with Crippen molar-refractivity contribution in [2.24, 2.45) is 0 Å². The Balaban J connectivity index is 2.20. The van der Waals surface area contributed by atoms with Crippen LogP contribution in [0.3, 0.4) is 0 Å². The average molecular weight is 192 g/mol. The molecule has 0 atom stereocenters. The van der Waals surface area contributed by atoms with Crippen molar-refractivity contribution in [2.45, 2.75) is 12.3 Å². The van der Waals surface area contributed by atoms with Crippen LogP contribution in [0.15, 0.2) is 0 Å². The van der Waals surface area contributed by atoms with Gasteiger partial charge < -0.3 is 9.80 Å². The van der Waals surface area contributed by atoms with Crippen molar-refractivity contribution in [1.29, 1.82) is 0 Å². The number of amides is 1. The first-order chi connectivity index (χ1) is 5.91. The number of hydrogen-bond acceptors (Lipinski definition) is 2. The molecule has 0 unspecified atom stereocenters. The maximum absolute atomic E-state index is 12.3. The van der Waals surface area contributed by atoms with Crippen molar-refractivity contribution in [3.05, 3.63) is 0 Å². The SMILES string of the molecule is CN(C)CCC(=O)N1CC(F)(F)C1. The number of rotatable bonds is 3. The molecule has 1 amide bonds. The van der Waals surface area contributed by atoms with Gasteiger partial charge >= 0.3 is 0 Å². The van der Waals surface area contributed by atoms with E-state index >= 15 is 0 Å². The summed E-state index contributed by atoms with van der Waals surface area (Å²) in [4.78, 5) is 14.2. The van der Waals surface area contributed by atoms with Crippen molar-refractivity contribution in [2.75, 3.05) is 33.7 Å². The maximum atomic E-state index is 12.3. The standard InChI is InChI=1S/C8H14F2N2O/c1-11(2)4-3-7(13)12-5-8(9,10)6-12/h3-6H2,1-2H3. The van der Waals surface area contributed by atoms with Gasteiger partial charge in [0.15, 0.2) is 0 Å². The summed E-state index contributed by atoms with van der Waals surface area (Å²) >= 11 is 0. The number of carbonyl (C=O) groups is 1. The third kappa shape index (κ3) is 2.91. The highest BCUT2D eigenvalue weighted by Crippen LogP contribution is 2.26. The molecule has 1 saturated heterocycles. The molecule has 0 bridgehead atoms. The van der Waals surface area contributed by atoms with Gasteiger partial charge in [0.2, 0.25) is 5.91 Å². The van der Waals surface area contributed by atoms with Gasteiger partial charge in [-0.1, -0.05) is 0 Å². The Kier molecular flexibility index (Phi) is 2.85. The van der Waals surface area contributed by atoms with Crippen molar-refractivity contribution >= 4 is 5.91 Å². The minimum Gasteiger partial charge on any atom is -0.330 e. The van der Waals surface area contributed by atoms with Gasteiger partial charge in [-0.25, -0.2) is 8.78 Å². The molecule has 1 heterocycles. The van der Waals surface area contributed by atoms with E-state index in [1.165, 1.54) is 4.90 Å². The van der Waals surface area contributed by atoms with E-state index in [1.807, 2.05) is 19.0 Å². The Morgan fingerprint density at radius 2 is 2.00 bits per heavy atom. The molecule has 0 aromatic carbocycles. The van der Waals surface area contributed by atoms with Gasteiger partial charge in [0, 0.05) is 13.0 Å². The fourth-order valence-electron chi connectivity index (χ4n) is 1.17. The second-order valence-corrected chi connectivity index (χ2v) is 3.66. The van der Waals surface area contributed by atoms with E-state index in [4.69, 9.17) is 0 Å². The lowest BCUT2D eigenvalue weighted by Gasteiger charge is -2.38. The molecule has 0 radical (unpaired) electrons. The van der Waals surface area contributed by atoms with Gasteiger partial charge in [-0.2, -0.15) is 0 Å². The highest BCUT2D eigenvalue weighted by molar-refractivity contribution is 5.77. The second kappa shape index (κ2) is 3.57. The number of carbonyl (C=O) groups excluding carboxylic acids is 1. The highest BCUT2D eigenvalue weighted by atomic mass is 19.3. The second-order valence-electron chi connectivity index (χ2n) is 3.66. The number of likely N-dealkylation sites (tertiary alicyclic amines) is 1. The monoisotopic (exact) mass is 192 g/mol. The summed E-state index contributed by atoms with van der Waals surface area (Å²) in [5.74, 6) is -2.83. The van der Waals surface area contributed by atoms with Crippen LogP contribution in [0.2, 0.25) is 0 Å². The third-order valence-electron chi connectivity index (χ3n) is 1.97. The summed E-state index contributed by atoms with van der Waals surface area (Å²) in [6, 6.07) is 0. The number of hydrogen-bond donors (Lipinski definition) is 0. The smallest absolute Gasteiger partial charge is 0.282 e. The molecule has 1 aliphatic heterocycles. The van der Waals surface area contributed by atoms with Gasteiger partial charge in [-0.05, 0) is 14.1 Å². The van der Waals surface area contributed by atoms with E-state index in [9.17, 15) is 13.6 Å². The summed E-state index contributed by atoms with van der Waals surface area (Å²) in [5.41, 5.74) is 0. The van der Waals surface area contributed by atoms with E-state index in [-0.39, 0.29) is 5.91 Å². The quantitative estimate of drug-likeness (QED) is 0.647. The Labute approximate surface area is 76.3 Å². The van der Waals surface area contributed by atoms with Gasteiger partial charge in [-0.15, -0.1) is 0 Å². The van der Waals surface area contributed by atoms with Crippen LogP contribution in [0.4, 0.5) is 8.78 Å². The number of halogens is 2. The third-order valence-corrected chi connectivity index (χ3v) is 1.97. The Bertz CT molecular complexity index is 198. The topological polar surface area (TPSA) is 23.6 Å². The molecule has 1 fully saturated rings. The van der Waals surface area contributed by atoms with E-state index in [0.29, 0.717) is 13.0 Å². The lowest BCUT2D eigenvalue weighted by atomic mass is 10.1. The summed E-state index contributed by atoms with van der Waals surface area (Å²) in [6.07, 6.45) is 0.322. The van der Waals surface area contributed by atoms with Crippen molar-refractivity contribution in [3.63, 3.8) is 0 Å². The van der Waals surface area contributed by atoms with Crippen LogP contribution >= 0.6 is 0 Å². The van der Waals surface area contributed by atoms with Crippen LogP contribution in [-0.2, 0) is 4.79 Å². The molecule has 0 aliphatic carbocycles. The number of nitrogens with zero attached hydrogens (tertiary/aromatic N) is 2. The van der Waals surface area contributed by atoms with E-state index in [1.54, 1.807) is 0 Å². The molecule has 13 heavy (non-hydrogen) atoms. The molecule has 1 aliphatic rings. The highest BCUT2D eigenvalue weighted by Gasteiger charge is 2.45. The zero-order valence-corrected chi connectivity index (χ0v) is 7.89. The predicted octanol–water partition coefficient (Wildman–Crippen LogP) is 0.416. The van der Waals surface area contributed by atoms with Crippen molar-refractivity contribution < 1.29 is 13.6 Å². The van der Waals surface area contributed by atoms with Gasteiger partial charge in [0.25, 0.3) is 5.92 Å². The van der Waals surface area contributed by atoms with Gasteiger partial charge in [-0.3, -0.25) is 4.79 Å². The van der Waals surface area contributed by atoms with Crippen LogP contribution in [0.1, 0.15) is 6.42 Å². The first-order valence-corrected chi connectivity index (χ1v) is 4.21. The zero-order chi connectivity index (χ0) is 10.1. The Morgan fingerprint density at radius 1 is 1.46 bits per heavy atom. The average Bonchev–Trinajstić information content (AvgIpc) is 1.95. The van der Waals surface area contributed by atoms with Crippen LogP contribution in [0, 0.1) is 0 Å². The van der Waals surface area contributed by atoms with Crippen LogP contribution in [-0.4, -0.2) is 55.4 Å². The molecule has 0 aromatic heterocycles. The summed E-state index contributed by atoms with van der Waals surface area (Å²) in [6.45, 7) is -0.195. The summed E-state index contributed by atoms with van der Waals surface area (Å²) in [7, 11) is 3.69. The lowest BCUT2D eigenvalue weighted by Crippen LogP contribution is -2.58. The molecule has 0 aromatic rings. The minimum absolute atomic E-state index is 0.181. The van der Waals surface area contributed by atoms with E-state index in [0.717, 1.165) is 0 Å². The van der Waals surface area contributed by atoms with Crippen LogP contribution in [0.5, 0.6) is 0 Å². The molecule has 5 heteroatoms. The predicted molar refractivity (Wildman–Crippen MR) is 44.7 cm³/mol. The molecular weight excluding hydrogens is 178 g/mol. The number of alkyl halides is 2. The first kappa shape index (κ1) is 10.4. The van der Waals surface area contributed by atoms with Gasteiger partial charge in [0.1, 0.15) is 0 Å². The van der Waals surface area contributed by atoms with Crippen molar-refractivity contribution in [1.82, 2.24) is 9.80 Å². The van der Waals surface area contributed by atoms with Crippen molar-refractivity contribution in [3.8, 4) is 0 Å². The molecular formula is C8H14F2N2O. The Morgan fingerprint density at radius 3 is 2.38 bits per heavy atom. The largest absolute Gasteiger partial charge is 0.330 e. The van der Waals surface area contributed by atoms with Gasteiger partial charge in [0.05, 0.1) is 13.1 Å². The fourth-order valence-corrected chi connectivity index (χ4v) is 1.17. The zero-order valence-electron chi connectivity index (χ0n) is 7.89. The summed E-state index contributed by atoms with van der Waals surface area (Å²) < 4.78 is 24.7. The molecule has 3 nitrogen and oxygen atoms in total. The molecule has 0 spiro atoms. The van der Waals surface area contributed by atoms with E-state index < -0.39 is 19.0 Å². The van der Waals surface area contributed by atoms with E-state index in [2.05, 4.69) is 0 Å². The minimum atomic E-state index is -2.65. The molecule has 76 valence electrons. The molecule has 0 N–H and O–H groups in total. The first-order valence-electron chi connectivity index (χ1n) is 4.21. The molecule has 1 rings (SSSR count). The summed E-state index contributed by atoms with van der Waals surface area (Å²) in [5, 5.41) is 0. The fraction of sp³-hybridized carbons (Fsp3) is 0.875. The lowest BCUT2D eigenvalue weighted by molar-refractivity contribution is -0.165. The Hall–Kier alpha value is -0.710. The van der Waals surface area contributed by atoms with Crippen LogP contribution < -0.4 is 0 Å². The van der Waals surface area contributed by atoms with Crippen LogP contribution in [0.25, 0.3) is 0 Å².